The first-order valence-electron chi connectivity index (χ1n) is 9.33. The zero-order chi connectivity index (χ0) is 21.0. The zero-order valence-electron chi connectivity index (χ0n) is 16.3. The number of imidazole rings is 2. The van der Waals surface area contributed by atoms with E-state index in [0.29, 0.717) is 11.4 Å². The van der Waals surface area contributed by atoms with Gasteiger partial charge in [0.15, 0.2) is 0 Å². The van der Waals surface area contributed by atoms with Gasteiger partial charge in [0.1, 0.15) is 0 Å². The van der Waals surface area contributed by atoms with Crippen LogP contribution in [0.4, 0.5) is 13.2 Å². The summed E-state index contributed by atoms with van der Waals surface area (Å²) in [6, 6.07) is 19.1. The summed E-state index contributed by atoms with van der Waals surface area (Å²) in [6.07, 6.45) is 1.73. The summed E-state index contributed by atoms with van der Waals surface area (Å²) in [5.41, 5.74) is 3.34. The Balaban J connectivity index is 1.81. The Labute approximate surface area is 170 Å². The van der Waals surface area contributed by atoms with Gasteiger partial charge in [-0.1, -0.05) is 54.6 Å². The molecule has 0 saturated carbocycles. The summed E-state index contributed by atoms with van der Waals surface area (Å²) in [5, 5.41) is 0. The highest BCUT2D eigenvalue weighted by molar-refractivity contribution is 5.76. The number of fused-ring (bicyclic) bond motifs is 2. The van der Waals surface area contributed by atoms with E-state index >= 15 is 0 Å². The standard InChI is InChI=1S/C23H17F3N4/c1-27-14-29(21-9-5-3-7-19(21)27)17-11-16(23(24,25)26)12-18(13-17)30-15-28(2)20-8-4-6-10-22(20)30/h3-13H,1-2H3. The van der Waals surface area contributed by atoms with E-state index in [1.807, 2.05) is 62.6 Å². The molecule has 0 fully saturated rings. The molecule has 0 unspecified atom stereocenters. The highest BCUT2D eigenvalue weighted by Gasteiger charge is 2.31. The van der Waals surface area contributed by atoms with Crippen LogP contribution < -0.4 is 9.13 Å². The highest BCUT2D eigenvalue weighted by atomic mass is 19.4. The Kier molecular flexibility index (Phi) is 3.96. The molecule has 0 atom stereocenters. The molecule has 0 aliphatic carbocycles. The Hall–Kier alpha value is -3.61. The average Bonchev–Trinajstić information content (AvgIpc) is 3.25. The molecule has 5 rings (SSSR count). The summed E-state index contributed by atoms with van der Waals surface area (Å²) in [6.45, 7) is 0. The summed E-state index contributed by atoms with van der Waals surface area (Å²) >= 11 is 0. The number of halogens is 3. The number of hydrogen-bond acceptors (Lipinski definition) is 0. The lowest BCUT2D eigenvalue weighted by Crippen LogP contribution is -2.26. The minimum atomic E-state index is -4.49. The molecule has 0 radical (unpaired) electrons. The molecule has 0 N–H and O–H groups in total. The second kappa shape index (κ2) is 6.45. The summed E-state index contributed by atoms with van der Waals surface area (Å²) in [7, 11) is 3.64. The van der Waals surface area contributed by atoms with Gasteiger partial charge in [-0.05, 0) is 12.1 Å². The quantitative estimate of drug-likeness (QED) is 0.313. The molecule has 150 valence electrons. The number of benzene rings is 3. The minimum absolute atomic E-state index is 0.380. The van der Waals surface area contributed by atoms with Gasteiger partial charge in [-0.15, -0.1) is 0 Å². The largest absolute Gasteiger partial charge is 0.415 e. The highest BCUT2D eigenvalue weighted by Crippen LogP contribution is 2.33. The SMILES string of the molecule is C[n+]1[c-]n(-c2cc(-n3[c-][n+](C)c4ccccc43)cc(C(F)(F)F)c2)c2ccccc21. The molecule has 0 saturated heterocycles. The van der Waals surface area contributed by atoms with Crippen LogP contribution in [0.3, 0.4) is 0 Å². The normalized spacial score (nSPS) is 12.2. The second-order valence-electron chi connectivity index (χ2n) is 7.20. The lowest BCUT2D eigenvalue weighted by molar-refractivity contribution is -0.649. The number of para-hydroxylation sites is 4. The Morgan fingerprint density at radius 3 is 1.57 bits per heavy atom. The van der Waals surface area contributed by atoms with Crippen molar-refractivity contribution in [2.75, 3.05) is 0 Å². The van der Waals surface area contributed by atoms with Crippen molar-refractivity contribution < 1.29 is 22.3 Å². The van der Waals surface area contributed by atoms with E-state index in [4.69, 9.17) is 0 Å². The summed E-state index contributed by atoms with van der Waals surface area (Å²) in [5.74, 6) is 0. The molecule has 2 heterocycles. The molecule has 0 aliphatic heterocycles. The van der Waals surface area contributed by atoms with Crippen molar-refractivity contribution in [3.63, 3.8) is 0 Å². The van der Waals surface area contributed by atoms with E-state index in [-0.39, 0.29) is 0 Å². The van der Waals surface area contributed by atoms with Crippen LogP contribution in [0.1, 0.15) is 5.56 Å². The van der Waals surface area contributed by atoms with Gasteiger partial charge >= 0.3 is 6.18 Å². The van der Waals surface area contributed by atoms with Gasteiger partial charge in [0, 0.05) is 16.9 Å². The second-order valence-corrected chi connectivity index (χ2v) is 7.20. The minimum Gasteiger partial charge on any atom is -0.320 e. The monoisotopic (exact) mass is 406 g/mol. The van der Waals surface area contributed by atoms with E-state index < -0.39 is 11.7 Å². The topological polar surface area (TPSA) is 17.6 Å². The number of aromatic nitrogens is 4. The molecule has 0 spiro atoms. The van der Waals surface area contributed by atoms with Gasteiger partial charge in [0.25, 0.3) is 0 Å². The molecular formula is C23H17F3N4. The third-order valence-corrected chi connectivity index (χ3v) is 5.21. The number of alkyl halides is 3. The van der Waals surface area contributed by atoms with Crippen molar-refractivity contribution in [2.24, 2.45) is 14.1 Å². The first-order valence-corrected chi connectivity index (χ1v) is 9.33. The van der Waals surface area contributed by atoms with Gasteiger partial charge in [-0.3, -0.25) is 0 Å². The first-order chi connectivity index (χ1) is 14.3. The summed E-state index contributed by atoms with van der Waals surface area (Å²) < 4.78 is 48.2. The summed E-state index contributed by atoms with van der Waals surface area (Å²) in [4.78, 5) is 0. The molecular weight excluding hydrogens is 389 g/mol. The lowest BCUT2D eigenvalue weighted by atomic mass is 10.1. The molecule has 2 aromatic heterocycles. The number of aryl methyl sites for hydroxylation is 2. The molecule has 5 aromatic rings. The van der Waals surface area contributed by atoms with E-state index in [9.17, 15) is 13.2 Å². The van der Waals surface area contributed by atoms with E-state index in [0.717, 1.165) is 34.2 Å². The number of rotatable bonds is 2. The number of hydrogen-bond donors (Lipinski definition) is 0. The average molecular weight is 406 g/mol. The Morgan fingerprint density at radius 2 is 1.13 bits per heavy atom. The van der Waals surface area contributed by atoms with E-state index in [2.05, 4.69) is 12.7 Å². The predicted molar refractivity (Wildman–Crippen MR) is 105 cm³/mol. The molecule has 0 bridgehead atoms. The molecule has 4 nitrogen and oxygen atoms in total. The van der Waals surface area contributed by atoms with Crippen LogP contribution in [0.2, 0.25) is 0 Å². The van der Waals surface area contributed by atoms with Crippen LogP contribution in [0.5, 0.6) is 0 Å². The Morgan fingerprint density at radius 1 is 0.700 bits per heavy atom. The van der Waals surface area contributed by atoms with Gasteiger partial charge in [0.2, 0.25) is 12.7 Å². The molecule has 0 aliphatic rings. The zero-order valence-corrected chi connectivity index (χ0v) is 16.3. The van der Waals surface area contributed by atoms with Crippen LogP contribution in [-0.2, 0) is 20.3 Å². The fraction of sp³-hybridized carbons (Fsp3) is 0.130. The van der Waals surface area contributed by atoms with Crippen molar-refractivity contribution in [1.82, 2.24) is 9.13 Å². The molecule has 30 heavy (non-hydrogen) atoms. The molecule has 7 heteroatoms. The maximum Gasteiger partial charge on any atom is 0.415 e. The smallest absolute Gasteiger partial charge is 0.320 e. The van der Waals surface area contributed by atoms with Crippen LogP contribution >= 0.6 is 0 Å². The van der Waals surface area contributed by atoms with Gasteiger partial charge < -0.3 is 18.3 Å². The van der Waals surface area contributed by atoms with Gasteiger partial charge in [-0.25, -0.2) is 0 Å². The van der Waals surface area contributed by atoms with Crippen molar-refractivity contribution in [2.45, 2.75) is 6.18 Å². The van der Waals surface area contributed by atoms with Crippen molar-refractivity contribution >= 4 is 22.1 Å². The number of nitrogens with zero attached hydrogens (tertiary/aromatic N) is 4. The van der Waals surface area contributed by atoms with Crippen LogP contribution in [0.15, 0.2) is 66.7 Å². The maximum absolute atomic E-state index is 13.8. The predicted octanol–water partition coefficient (Wildman–Crippen LogP) is 3.84. The maximum atomic E-state index is 13.8. The molecule has 0 amide bonds. The third kappa shape index (κ3) is 2.85. The first kappa shape index (κ1) is 18.4. The molecule has 3 aromatic carbocycles. The van der Waals surface area contributed by atoms with Gasteiger partial charge in [-0.2, -0.15) is 13.2 Å². The van der Waals surface area contributed by atoms with Crippen molar-refractivity contribution in [3.05, 3.63) is 84.9 Å². The van der Waals surface area contributed by atoms with Crippen LogP contribution in [0.25, 0.3) is 33.4 Å². The van der Waals surface area contributed by atoms with Crippen LogP contribution in [-0.4, -0.2) is 9.13 Å². The van der Waals surface area contributed by atoms with Gasteiger partial charge in [0.05, 0.1) is 36.2 Å². The van der Waals surface area contributed by atoms with E-state index in [1.165, 1.54) is 0 Å². The van der Waals surface area contributed by atoms with Crippen molar-refractivity contribution in [1.29, 1.82) is 0 Å². The Bertz CT molecular complexity index is 1310. The van der Waals surface area contributed by atoms with Crippen LogP contribution in [0, 0.1) is 12.7 Å². The fourth-order valence-corrected chi connectivity index (χ4v) is 3.80. The van der Waals surface area contributed by atoms with E-state index in [1.54, 1.807) is 24.3 Å². The van der Waals surface area contributed by atoms with Crippen molar-refractivity contribution in [3.8, 4) is 11.4 Å². The lowest BCUT2D eigenvalue weighted by Gasteiger charge is -2.15. The fourth-order valence-electron chi connectivity index (χ4n) is 3.80. The third-order valence-electron chi connectivity index (χ3n) is 5.21.